The van der Waals surface area contributed by atoms with Crippen LogP contribution < -0.4 is 4.72 Å². The van der Waals surface area contributed by atoms with Crippen LogP contribution in [0.5, 0.6) is 5.75 Å². The Hall–Kier alpha value is -1.72. The molecule has 0 aliphatic heterocycles. The van der Waals surface area contributed by atoms with Crippen molar-refractivity contribution in [1.82, 2.24) is 0 Å². The van der Waals surface area contributed by atoms with Crippen LogP contribution in [0.1, 0.15) is 18.4 Å². The SMILES string of the molecule is CC(CS(=O)(=O)Nc1ccc(Cl)c(O)c1)c1ccccc1. The van der Waals surface area contributed by atoms with E-state index in [0.717, 1.165) is 5.56 Å². The Morgan fingerprint density at radius 2 is 1.86 bits per heavy atom. The van der Waals surface area contributed by atoms with Crippen molar-refractivity contribution >= 4 is 27.3 Å². The van der Waals surface area contributed by atoms with Gasteiger partial charge in [-0.15, -0.1) is 0 Å². The van der Waals surface area contributed by atoms with E-state index in [1.165, 1.54) is 18.2 Å². The number of phenols is 1. The Morgan fingerprint density at radius 1 is 1.19 bits per heavy atom. The largest absolute Gasteiger partial charge is 0.506 e. The molecule has 0 amide bonds. The first-order valence-electron chi connectivity index (χ1n) is 6.41. The van der Waals surface area contributed by atoms with Gasteiger partial charge in [0.05, 0.1) is 16.5 Å². The highest BCUT2D eigenvalue weighted by Crippen LogP contribution is 2.27. The Bertz CT molecular complexity index is 717. The predicted molar refractivity (Wildman–Crippen MR) is 85.4 cm³/mol. The van der Waals surface area contributed by atoms with Gasteiger partial charge in [-0.2, -0.15) is 0 Å². The molecule has 0 aromatic heterocycles. The second-order valence-corrected chi connectivity index (χ2v) is 7.04. The number of aromatic hydroxyl groups is 1. The van der Waals surface area contributed by atoms with Crippen molar-refractivity contribution in [2.24, 2.45) is 0 Å². The minimum Gasteiger partial charge on any atom is -0.506 e. The van der Waals surface area contributed by atoms with Gasteiger partial charge in [-0.05, 0) is 23.6 Å². The zero-order chi connectivity index (χ0) is 15.5. The first-order chi connectivity index (χ1) is 9.87. The van der Waals surface area contributed by atoms with E-state index in [-0.39, 0.29) is 28.1 Å². The van der Waals surface area contributed by atoms with Gasteiger partial charge >= 0.3 is 0 Å². The number of sulfonamides is 1. The van der Waals surface area contributed by atoms with Crippen molar-refractivity contribution < 1.29 is 13.5 Å². The molecule has 0 spiro atoms. The topological polar surface area (TPSA) is 66.4 Å². The van der Waals surface area contributed by atoms with Crippen LogP contribution in [0.2, 0.25) is 5.02 Å². The van der Waals surface area contributed by atoms with Gasteiger partial charge in [-0.1, -0.05) is 48.9 Å². The molecular weight excluding hydrogens is 310 g/mol. The third-order valence-corrected chi connectivity index (χ3v) is 4.86. The van der Waals surface area contributed by atoms with Crippen LogP contribution >= 0.6 is 11.6 Å². The van der Waals surface area contributed by atoms with Crippen LogP contribution in [0.25, 0.3) is 0 Å². The molecule has 0 fully saturated rings. The summed E-state index contributed by atoms with van der Waals surface area (Å²) in [6.45, 7) is 1.86. The van der Waals surface area contributed by atoms with E-state index < -0.39 is 10.0 Å². The minimum atomic E-state index is -3.52. The van der Waals surface area contributed by atoms with Crippen molar-refractivity contribution in [2.75, 3.05) is 10.5 Å². The molecule has 2 rings (SSSR count). The molecule has 6 heteroatoms. The number of rotatable bonds is 5. The zero-order valence-corrected chi connectivity index (χ0v) is 13.0. The molecule has 0 heterocycles. The summed E-state index contributed by atoms with van der Waals surface area (Å²) in [5.74, 6) is -0.335. The van der Waals surface area contributed by atoms with Gasteiger partial charge in [0.15, 0.2) is 0 Å². The van der Waals surface area contributed by atoms with Crippen molar-refractivity contribution in [2.45, 2.75) is 12.8 Å². The van der Waals surface area contributed by atoms with Gasteiger partial charge < -0.3 is 5.11 Å². The molecule has 21 heavy (non-hydrogen) atoms. The standard InChI is InChI=1S/C15H16ClNO3S/c1-11(12-5-3-2-4-6-12)10-21(19,20)17-13-7-8-14(16)15(18)9-13/h2-9,11,17-18H,10H2,1H3. The second-order valence-electron chi connectivity index (χ2n) is 4.86. The molecule has 2 N–H and O–H groups in total. The van der Waals surface area contributed by atoms with E-state index in [9.17, 15) is 13.5 Å². The molecule has 112 valence electrons. The third kappa shape index (κ3) is 4.37. The Balaban J connectivity index is 2.10. The molecule has 2 aromatic carbocycles. The number of nitrogens with one attached hydrogen (secondary N) is 1. The van der Waals surface area contributed by atoms with Gasteiger partial charge in [0.25, 0.3) is 0 Å². The number of phenolic OH excluding ortho intramolecular Hbond substituents is 1. The highest BCUT2D eigenvalue weighted by molar-refractivity contribution is 7.92. The van der Waals surface area contributed by atoms with Crippen molar-refractivity contribution in [3.8, 4) is 5.75 Å². The maximum Gasteiger partial charge on any atom is 0.233 e. The summed E-state index contributed by atoms with van der Waals surface area (Å²) < 4.78 is 26.7. The molecule has 0 saturated heterocycles. The normalized spacial score (nSPS) is 12.9. The molecular formula is C15H16ClNO3S. The lowest BCUT2D eigenvalue weighted by molar-refractivity contribution is 0.476. The summed E-state index contributed by atoms with van der Waals surface area (Å²) in [4.78, 5) is 0. The highest BCUT2D eigenvalue weighted by atomic mass is 35.5. The van der Waals surface area contributed by atoms with E-state index in [1.807, 2.05) is 37.3 Å². The Labute approximate surface area is 129 Å². The second kappa shape index (κ2) is 6.37. The van der Waals surface area contributed by atoms with Gasteiger partial charge in [0.2, 0.25) is 10.0 Å². The maximum absolute atomic E-state index is 12.2. The van der Waals surface area contributed by atoms with Crippen molar-refractivity contribution in [3.05, 3.63) is 59.1 Å². The smallest absolute Gasteiger partial charge is 0.233 e. The fourth-order valence-electron chi connectivity index (χ4n) is 2.00. The number of benzene rings is 2. The summed E-state index contributed by atoms with van der Waals surface area (Å²) in [6.07, 6.45) is 0. The average Bonchev–Trinajstić information content (AvgIpc) is 2.43. The Kier molecular flexibility index (Phi) is 4.75. The first-order valence-corrected chi connectivity index (χ1v) is 8.44. The molecule has 1 unspecified atom stereocenters. The van der Waals surface area contributed by atoms with Crippen LogP contribution in [-0.2, 0) is 10.0 Å². The van der Waals surface area contributed by atoms with Crippen LogP contribution in [0, 0.1) is 0 Å². The fraction of sp³-hybridized carbons (Fsp3) is 0.200. The molecule has 1 atom stereocenters. The monoisotopic (exact) mass is 325 g/mol. The van der Waals surface area contributed by atoms with Gasteiger partial charge in [-0.3, -0.25) is 4.72 Å². The number of halogens is 1. The third-order valence-electron chi connectivity index (χ3n) is 3.06. The molecule has 0 aliphatic carbocycles. The predicted octanol–water partition coefficient (Wildman–Crippen LogP) is 3.59. The fourth-order valence-corrected chi connectivity index (χ4v) is 3.54. The van der Waals surface area contributed by atoms with Gasteiger partial charge in [0.1, 0.15) is 5.75 Å². The Morgan fingerprint density at radius 3 is 2.48 bits per heavy atom. The van der Waals surface area contributed by atoms with Crippen molar-refractivity contribution in [1.29, 1.82) is 0 Å². The number of hydrogen-bond acceptors (Lipinski definition) is 3. The lowest BCUT2D eigenvalue weighted by Crippen LogP contribution is -2.20. The number of anilines is 1. The van der Waals surface area contributed by atoms with E-state index in [4.69, 9.17) is 11.6 Å². The van der Waals surface area contributed by atoms with E-state index in [0.29, 0.717) is 0 Å². The summed E-state index contributed by atoms with van der Waals surface area (Å²) in [5, 5.41) is 9.67. The van der Waals surface area contributed by atoms with E-state index in [1.54, 1.807) is 0 Å². The summed E-state index contributed by atoms with van der Waals surface area (Å²) in [7, 11) is -3.52. The van der Waals surface area contributed by atoms with Crippen LogP contribution in [0.3, 0.4) is 0 Å². The molecule has 2 aromatic rings. The van der Waals surface area contributed by atoms with Crippen molar-refractivity contribution in [3.63, 3.8) is 0 Å². The summed E-state index contributed by atoms with van der Waals surface area (Å²) in [5.41, 5.74) is 1.25. The van der Waals surface area contributed by atoms with Crippen LogP contribution in [0.4, 0.5) is 5.69 Å². The van der Waals surface area contributed by atoms with Gasteiger partial charge in [0, 0.05) is 6.07 Å². The zero-order valence-electron chi connectivity index (χ0n) is 11.5. The molecule has 0 bridgehead atoms. The summed E-state index contributed by atoms with van der Waals surface area (Å²) in [6, 6.07) is 13.7. The maximum atomic E-state index is 12.2. The quantitative estimate of drug-likeness (QED) is 0.882. The molecule has 0 radical (unpaired) electrons. The lowest BCUT2D eigenvalue weighted by Gasteiger charge is -2.14. The molecule has 4 nitrogen and oxygen atoms in total. The molecule has 0 aliphatic rings. The number of hydrogen-bond donors (Lipinski definition) is 2. The highest BCUT2D eigenvalue weighted by Gasteiger charge is 2.17. The first kappa shape index (κ1) is 15.7. The van der Waals surface area contributed by atoms with E-state index >= 15 is 0 Å². The van der Waals surface area contributed by atoms with Gasteiger partial charge in [-0.25, -0.2) is 8.42 Å². The van der Waals surface area contributed by atoms with Crippen LogP contribution in [-0.4, -0.2) is 19.3 Å². The minimum absolute atomic E-state index is 0.0413. The average molecular weight is 326 g/mol. The molecule has 0 saturated carbocycles. The van der Waals surface area contributed by atoms with E-state index in [2.05, 4.69) is 4.72 Å². The summed E-state index contributed by atoms with van der Waals surface area (Å²) >= 11 is 5.69. The lowest BCUT2D eigenvalue weighted by atomic mass is 10.0. The van der Waals surface area contributed by atoms with Crippen LogP contribution in [0.15, 0.2) is 48.5 Å².